The summed E-state index contributed by atoms with van der Waals surface area (Å²) >= 11 is 0. The lowest BCUT2D eigenvalue weighted by Crippen LogP contribution is -2.43. The molecule has 2 unspecified atom stereocenters. The second-order valence-corrected chi connectivity index (χ2v) is 7.03. The van der Waals surface area contributed by atoms with Crippen LogP contribution in [0.3, 0.4) is 0 Å². The molecule has 1 heterocycles. The number of β-amino-alcohol motifs (C(OH)–C–C–N with tert-alkyl or cyclic N) is 1. The van der Waals surface area contributed by atoms with Crippen LogP contribution < -0.4 is 5.32 Å². The van der Waals surface area contributed by atoms with Gasteiger partial charge in [0, 0.05) is 19.1 Å². The predicted molar refractivity (Wildman–Crippen MR) is 75.7 cm³/mol. The Morgan fingerprint density at radius 1 is 1.28 bits per heavy atom. The SMILES string of the molecule is CC1(C)CCCC(NCC(O)CN2CCCC2)C1. The first kappa shape index (κ1) is 14.3. The van der Waals surface area contributed by atoms with Crippen molar-refractivity contribution < 1.29 is 5.11 Å². The van der Waals surface area contributed by atoms with Gasteiger partial charge >= 0.3 is 0 Å². The maximum atomic E-state index is 10.1. The maximum Gasteiger partial charge on any atom is 0.0791 e. The van der Waals surface area contributed by atoms with Crippen molar-refractivity contribution in [2.24, 2.45) is 5.41 Å². The van der Waals surface area contributed by atoms with Crippen LogP contribution in [0.1, 0.15) is 52.4 Å². The Hall–Kier alpha value is -0.120. The molecule has 106 valence electrons. The Morgan fingerprint density at radius 3 is 2.67 bits per heavy atom. The van der Waals surface area contributed by atoms with Crippen molar-refractivity contribution in [3.05, 3.63) is 0 Å². The zero-order valence-electron chi connectivity index (χ0n) is 12.1. The molecule has 18 heavy (non-hydrogen) atoms. The Kier molecular flexibility index (Phi) is 5.05. The zero-order chi connectivity index (χ0) is 13.0. The summed E-state index contributed by atoms with van der Waals surface area (Å²) in [6.07, 6.45) is 7.61. The van der Waals surface area contributed by atoms with Gasteiger partial charge in [0.2, 0.25) is 0 Å². The van der Waals surface area contributed by atoms with E-state index >= 15 is 0 Å². The molecule has 2 N–H and O–H groups in total. The predicted octanol–water partition coefficient (Wildman–Crippen LogP) is 2.00. The van der Waals surface area contributed by atoms with Crippen LogP contribution in [0.15, 0.2) is 0 Å². The van der Waals surface area contributed by atoms with Crippen molar-refractivity contribution >= 4 is 0 Å². The molecule has 2 rings (SSSR count). The molecule has 0 aromatic heterocycles. The van der Waals surface area contributed by atoms with Gasteiger partial charge in [-0.25, -0.2) is 0 Å². The van der Waals surface area contributed by atoms with E-state index < -0.39 is 0 Å². The molecule has 0 radical (unpaired) electrons. The number of hydrogen-bond acceptors (Lipinski definition) is 3. The number of likely N-dealkylation sites (tertiary alicyclic amines) is 1. The van der Waals surface area contributed by atoms with Gasteiger partial charge in [-0.2, -0.15) is 0 Å². The van der Waals surface area contributed by atoms with Gasteiger partial charge in [-0.1, -0.05) is 20.3 Å². The van der Waals surface area contributed by atoms with E-state index in [0.29, 0.717) is 11.5 Å². The Bertz CT molecular complexity index is 249. The summed E-state index contributed by atoms with van der Waals surface area (Å²) < 4.78 is 0. The molecule has 2 aliphatic rings. The maximum absolute atomic E-state index is 10.1. The van der Waals surface area contributed by atoms with Gasteiger partial charge in [-0.15, -0.1) is 0 Å². The standard InChI is InChI=1S/C15H30N2O/c1-15(2)7-5-6-13(10-15)16-11-14(18)12-17-8-3-4-9-17/h13-14,16,18H,3-12H2,1-2H3. The summed E-state index contributed by atoms with van der Waals surface area (Å²) in [7, 11) is 0. The summed E-state index contributed by atoms with van der Waals surface area (Å²) in [5, 5.41) is 13.6. The van der Waals surface area contributed by atoms with E-state index in [1.54, 1.807) is 0 Å². The average molecular weight is 254 g/mol. The highest BCUT2D eigenvalue weighted by Crippen LogP contribution is 2.34. The van der Waals surface area contributed by atoms with Gasteiger partial charge in [0.05, 0.1) is 6.10 Å². The van der Waals surface area contributed by atoms with E-state index in [1.165, 1.54) is 51.6 Å². The average Bonchev–Trinajstić information content (AvgIpc) is 2.78. The van der Waals surface area contributed by atoms with Crippen LogP contribution in [0.2, 0.25) is 0 Å². The van der Waals surface area contributed by atoms with Crippen molar-refractivity contribution in [2.45, 2.75) is 64.5 Å². The van der Waals surface area contributed by atoms with E-state index in [4.69, 9.17) is 0 Å². The number of aliphatic hydroxyl groups excluding tert-OH is 1. The van der Waals surface area contributed by atoms with Crippen LogP contribution in [-0.4, -0.2) is 48.3 Å². The third kappa shape index (κ3) is 4.52. The van der Waals surface area contributed by atoms with Crippen molar-refractivity contribution in [3.8, 4) is 0 Å². The molecule has 1 aliphatic heterocycles. The molecule has 1 aliphatic carbocycles. The molecule has 2 atom stereocenters. The van der Waals surface area contributed by atoms with Crippen LogP contribution >= 0.6 is 0 Å². The second kappa shape index (κ2) is 6.36. The molecule has 2 fully saturated rings. The van der Waals surface area contributed by atoms with Crippen LogP contribution in [0.5, 0.6) is 0 Å². The van der Waals surface area contributed by atoms with Gasteiger partial charge in [0.1, 0.15) is 0 Å². The minimum atomic E-state index is -0.201. The number of nitrogens with zero attached hydrogens (tertiary/aromatic N) is 1. The Balaban J connectivity index is 1.64. The lowest BCUT2D eigenvalue weighted by atomic mass is 9.75. The van der Waals surface area contributed by atoms with Crippen molar-refractivity contribution in [2.75, 3.05) is 26.2 Å². The Labute approximate surface area is 112 Å². The van der Waals surface area contributed by atoms with Crippen molar-refractivity contribution in [3.63, 3.8) is 0 Å². The van der Waals surface area contributed by atoms with Crippen LogP contribution in [0, 0.1) is 5.41 Å². The number of nitrogens with one attached hydrogen (secondary N) is 1. The van der Waals surface area contributed by atoms with Crippen molar-refractivity contribution in [1.82, 2.24) is 10.2 Å². The van der Waals surface area contributed by atoms with Crippen LogP contribution in [0.4, 0.5) is 0 Å². The van der Waals surface area contributed by atoms with E-state index in [-0.39, 0.29) is 6.10 Å². The molecular weight excluding hydrogens is 224 g/mol. The van der Waals surface area contributed by atoms with Crippen LogP contribution in [0.25, 0.3) is 0 Å². The lowest BCUT2D eigenvalue weighted by Gasteiger charge is -2.36. The third-order valence-electron chi connectivity index (χ3n) is 4.51. The summed E-state index contributed by atoms with van der Waals surface area (Å²) in [6.45, 7) is 8.68. The first-order chi connectivity index (χ1) is 8.55. The monoisotopic (exact) mass is 254 g/mol. The first-order valence-electron chi connectivity index (χ1n) is 7.69. The molecule has 0 aromatic carbocycles. The van der Waals surface area contributed by atoms with Gasteiger partial charge < -0.3 is 15.3 Å². The third-order valence-corrected chi connectivity index (χ3v) is 4.51. The molecule has 0 aromatic rings. The summed E-state index contributed by atoms with van der Waals surface area (Å²) in [4.78, 5) is 2.39. The molecule has 1 saturated carbocycles. The molecule has 1 saturated heterocycles. The number of aliphatic hydroxyl groups is 1. The zero-order valence-corrected chi connectivity index (χ0v) is 12.1. The fourth-order valence-corrected chi connectivity index (χ4v) is 3.50. The minimum absolute atomic E-state index is 0.201. The molecule has 0 bridgehead atoms. The molecule has 3 nitrogen and oxygen atoms in total. The van der Waals surface area contributed by atoms with E-state index in [0.717, 1.165) is 13.1 Å². The number of hydrogen-bond donors (Lipinski definition) is 2. The summed E-state index contributed by atoms with van der Waals surface area (Å²) in [5.74, 6) is 0. The summed E-state index contributed by atoms with van der Waals surface area (Å²) in [6, 6.07) is 0.613. The van der Waals surface area contributed by atoms with E-state index in [9.17, 15) is 5.11 Å². The second-order valence-electron chi connectivity index (χ2n) is 7.03. The fourth-order valence-electron chi connectivity index (χ4n) is 3.50. The van der Waals surface area contributed by atoms with Crippen LogP contribution in [-0.2, 0) is 0 Å². The van der Waals surface area contributed by atoms with Gasteiger partial charge in [0.15, 0.2) is 0 Å². The van der Waals surface area contributed by atoms with Crippen molar-refractivity contribution in [1.29, 1.82) is 0 Å². The van der Waals surface area contributed by atoms with Gasteiger partial charge in [-0.05, 0) is 50.6 Å². The highest BCUT2D eigenvalue weighted by atomic mass is 16.3. The largest absolute Gasteiger partial charge is 0.390 e. The molecule has 3 heteroatoms. The normalized spacial score (nSPS) is 30.5. The highest BCUT2D eigenvalue weighted by Gasteiger charge is 2.28. The minimum Gasteiger partial charge on any atom is -0.390 e. The fraction of sp³-hybridized carbons (Fsp3) is 1.00. The van der Waals surface area contributed by atoms with E-state index in [2.05, 4.69) is 24.1 Å². The van der Waals surface area contributed by atoms with Gasteiger partial charge in [-0.3, -0.25) is 0 Å². The molecule has 0 amide bonds. The Morgan fingerprint density at radius 2 is 2.00 bits per heavy atom. The molecular formula is C15H30N2O. The highest BCUT2D eigenvalue weighted by molar-refractivity contribution is 4.84. The quantitative estimate of drug-likeness (QED) is 0.788. The van der Waals surface area contributed by atoms with E-state index in [1.807, 2.05) is 0 Å². The summed E-state index contributed by atoms with van der Waals surface area (Å²) in [5.41, 5.74) is 0.482. The lowest BCUT2D eigenvalue weighted by molar-refractivity contribution is 0.111. The molecule has 0 spiro atoms. The first-order valence-corrected chi connectivity index (χ1v) is 7.69. The van der Waals surface area contributed by atoms with Gasteiger partial charge in [0.25, 0.3) is 0 Å². The smallest absolute Gasteiger partial charge is 0.0791 e. The number of rotatable bonds is 5. The topological polar surface area (TPSA) is 35.5 Å².